The number of phenols is 2. The zero-order valence-corrected chi connectivity index (χ0v) is 18.3. The number of carbonyl (C=O) groups is 1. The molecule has 1 unspecified atom stereocenters. The molecule has 0 spiro atoms. The Morgan fingerprint density at radius 3 is 2.32 bits per heavy atom. The van der Waals surface area contributed by atoms with Crippen molar-refractivity contribution >= 4 is 23.2 Å². The molecule has 4 rings (SSSR count). The van der Waals surface area contributed by atoms with Crippen LogP contribution in [0.25, 0.3) is 11.1 Å². The number of fused-ring (bicyclic) bond motifs is 2. The number of benzene rings is 3. The summed E-state index contributed by atoms with van der Waals surface area (Å²) in [5, 5.41) is 30.9. The Bertz CT molecular complexity index is 1160. The first kappa shape index (κ1) is 22.4. The molecule has 0 aliphatic carbocycles. The molecule has 160 valence electrons. The topological polar surface area (TPSA) is 101 Å². The molecule has 1 atom stereocenters. The van der Waals surface area contributed by atoms with Crippen LogP contribution < -0.4 is 0 Å². The van der Waals surface area contributed by atoms with Gasteiger partial charge in [0.2, 0.25) is 0 Å². The number of hydrogen-bond acceptors (Lipinski definition) is 6. The van der Waals surface area contributed by atoms with Gasteiger partial charge in [0.05, 0.1) is 4.92 Å². The maximum Gasteiger partial charge on any atom is 0.270 e. The van der Waals surface area contributed by atoms with Crippen LogP contribution in [0.2, 0.25) is 0 Å². The summed E-state index contributed by atoms with van der Waals surface area (Å²) in [5.41, 5.74) is 2.77. The average Bonchev–Trinajstić information content (AvgIpc) is 2.89. The van der Waals surface area contributed by atoms with Gasteiger partial charge >= 0.3 is 0 Å². The van der Waals surface area contributed by atoms with Gasteiger partial charge in [-0.2, -0.15) is 0 Å². The number of aromatic hydroxyl groups is 2. The summed E-state index contributed by atoms with van der Waals surface area (Å²) < 4.78 is 0. The van der Waals surface area contributed by atoms with E-state index in [1.807, 2.05) is 39.0 Å². The van der Waals surface area contributed by atoms with E-state index in [4.69, 9.17) is 0 Å². The zero-order chi connectivity index (χ0) is 22.7. The Labute approximate surface area is 184 Å². The monoisotopic (exact) mass is 437 g/mol. The third-order valence-corrected chi connectivity index (χ3v) is 6.20. The van der Waals surface area contributed by atoms with Crippen LogP contribution in [-0.4, -0.2) is 20.9 Å². The van der Waals surface area contributed by atoms with E-state index in [2.05, 4.69) is 0 Å². The molecule has 2 N–H and O–H groups in total. The Morgan fingerprint density at radius 2 is 1.65 bits per heavy atom. The Kier molecular flexibility index (Phi) is 6.65. The predicted octanol–water partition coefficient (Wildman–Crippen LogP) is 6.54. The van der Waals surface area contributed by atoms with E-state index in [1.165, 1.54) is 36.0 Å². The lowest BCUT2D eigenvalue weighted by Crippen LogP contribution is -2.12. The highest BCUT2D eigenvalue weighted by Crippen LogP contribution is 2.46. The highest BCUT2D eigenvalue weighted by molar-refractivity contribution is 7.99. The summed E-state index contributed by atoms with van der Waals surface area (Å²) in [6.45, 7) is 5.93. The van der Waals surface area contributed by atoms with E-state index in [1.54, 1.807) is 12.1 Å². The number of hydrogen-bond donors (Lipinski definition) is 2. The van der Waals surface area contributed by atoms with Gasteiger partial charge in [0.1, 0.15) is 0 Å². The summed E-state index contributed by atoms with van der Waals surface area (Å²) in [4.78, 5) is 25.2. The molecule has 0 bridgehead atoms. The molecule has 31 heavy (non-hydrogen) atoms. The van der Waals surface area contributed by atoms with Crippen molar-refractivity contribution in [3.05, 3.63) is 75.8 Å². The minimum absolute atomic E-state index is 0.0115. The molecular weight excluding hydrogens is 414 g/mol. The summed E-state index contributed by atoms with van der Waals surface area (Å²) in [6, 6.07) is 14.8. The first-order valence-corrected chi connectivity index (χ1v) is 10.9. The number of ketones is 1. The number of nitro benzene ring substituents is 1. The summed E-state index contributed by atoms with van der Waals surface area (Å²) in [7, 11) is 0. The van der Waals surface area contributed by atoms with Crippen molar-refractivity contribution in [3.8, 4) is 22.6 Å². The number of phenolic OH excluding ortho intramolecular Hbond substituents is 2. The molecule has 0 radical (unpaired) electrons. The first-order chi connectivity index (χ1) is 14.9. The smallest absolute Gasteiger partial charge is 0.270 e. The standard InChI is InChI=1S/C22H17NO5S.C2H6/c1-2-15-16-7-6-13(12-4-3-5-14(8-12)23(27)28)9-20(16)29-21-11-19(25)18(24)10-17(21)22(15)26;1-2/h3-11,15,24-25H,2H2,1H3;1-2H3. The van der Waals surface area contributed by atoms with Crippen LogP contribution in [-0.2, 0) is 0 Å². The van der Waals surface area contributed by atoms with E-state index in [0.717, 1.165) is 16.0 Å². The Balaban J connectivity index is 0.00000132. The van der Waals surface area contributed by atoms with E-state index in [0.29, 0.717) is 22.4 Å². The van der Waals surface area contributed by atoms with Crippen molar-refractivity contribution < 1.29 is 19.9 Å². The largest absolute Gasteiger partial charge is 0.504 e. The third kappa shape index (κ3) is 4.27. The number of nitro groups is 1. The molecule has 0 saturated heterocycles. The highest BCUT2D eigenvalue weighted by atomic mass is 32.2. The number of rotatable bonds is 3. The molecular formula is C24H23NO5S. The fourth-order valence-corrected chi connectivity index (χ4v) is 4.77. The van der Waals surface area contributed by atoms with Crippen LogP contribution in [0.5, 0.6) is 11.5 Å². The van der Waals surface area contributed by atoms with Gasteiger partial charge in [-0.3, -0.25) is 14.9 Å². The fourth-order valence-electron chi connectivity index (χ4n) is 3.58. The molecule has 0 amide bonds. The molecule has 3 aromatic rings. The molecule has 7 heteroatoms. The number of non-ortho nitro benzene ring substituents is 1. The minimum Gasteiger partial charge on any atom is -0.504 e. The lowest BCUT2D eigenvalue weighted by Gasteiger charge is -2.15. The van der Waals surface area contributed by atoms with Gasteiger partial charge in [-0.1, -0.05) is 56.8 Å². The van der Waals surface area contributed by atoms with Gasteiger partial charge in [0.25, 0.3) is 5.69 Å². The molecule has 0 saturated carbocycles. The molecule has 0 aromatic heterocycles. The van der Waals surface area contributed by atoms with Gasteiger partial charge in [0, 0.05) is 33.4 Å². The third-order valence-electron chi connectivity index (χ3n) is 5.07. The molecule has 3 aromatic carbocycles. The van der Waals surface area contributed by atoms with Crippen molar-refractivity contribution in [2.24, 2.45) is 0 Å². The van der Waals surface area contributed by atoms with Crippen molar-refractivity contribution in [2.45, 2.75) is 42.9 Å². The van der Waals surface area contributed by atoms with Crippen molar-refractivity contribution in [1.29, 1.82) is 0 Å². The lowest BCUT2D eigenvalue weighted by atomic mass is 9.87. The van der Waals surface area contributed by atoms with Gasteiger partial charge in [-0.05, 0) is 41.3 Å². The summed E-state index contributed by atoms with van der Waals surface area (Å²) in [6.07, 6.45) is 0.587. The zero-order valence-electron chi connectivity index (χ0n) is 17.5. The van der Waals surface area contributed by atoms with E-state index < -0.39 is 4.92 Å². The fraction of sp³-hybridized carbons (Fsp3) is 0.208. The molecule has 0 fully saturated rings. The normalized spacial score (nSPS) is 14.5. The summed E-state index contributed by atoms with van der Waals surface area (Å²) >= 11 is 1.34. The second-order valence-corrected chi connectivity index (χ2v) is 7.91. The second-order valence-electron chi connectivity index (χ2n) is 6.82. The van der Waals surface area contributed by atoms with Crippen molar-refractivity contribution in [3.63, 3.8) is 0 Å². The quantitative estimate of drug-likeness (QED) is 0.274. The van der Waals surface area contributed by atoms with Gasteiger partial charge < -0.3 is 10.2 Å². The predicted molar refractivity (Wildman–Crippen MR) is 121 cm³/mol. The van der Waals surface area contributed by atoms with Crippen molar-refractivity contribution in [2.75, 3.05) is 0 Å². The van der Waals surface area contributed by atoms with Gasteiger partial charge in [-0.15, -0.1) is 0 Å². The van der Waals surface area contributed by atoms with Crippen LogP contribution in [0.3, 0.4) is 0 Å². The van der Waals surface area contributed by atoms with Crippen LogP contribution in [0, 0.1) is 10.1 Å². The van der Waals surface area contributed by atoms with Crippen LogP contribution in [0.15, 0.2) is 64.4 Å². The number of nitrogens with zero attached hydrogens (tertiary/aromatic N) is 1. The van der Waals surface area contributed by atoms with Gasteiger partial charge in [-0.25, -0.2) is 0 Å². The number of carbonyl (C=O) groups excluding carboxylic acids is 1. The van der Waals surface area contributed by atoms with Crippen LogP contribution in [0.4, 0.5) is 5.69 Å². The van der Waals surface area contributed by atoms with Gasteiger partial charge in [0.15, 0.2) is 17.3 Å². The number of Topliss-reactive ketones (excluding diaryl/α,β-unsaturated/α-hetero) is 1. The average molecular weight is 438 g/mol. The Hall–Kier alpha value is -3.32. The van der Waals surface area contributed by atoms with E-state index >= 15 is 0 Å². The maximum atomic E-state index is 13.1. The SMILES string of the molecule is CC.CCC1C(=O)c2cc(O)c(O)cc2Sc2cc(-c3cccc([N+](=O)[O-])c3)ccc21. The summed E-state index contributed by atoms with van der Waals surface area (Å²) in [5.74, 6) is -1.08. The first-order valence-electron chi connectivity index (χ1n) is 10.1. The molecule has 1 aliphatic rings. The van der Waals surface area contributed by atoms with E-state index in [-0.39, 0.29) is 28.9 Å². The minimum atomic E-state index is -0.432. The molecule has 1 aliphatic heterocycles. The molecule has 6 nitrogen and oxygen atoms in total. The highest BCUT2D eigenvalue weighted by Gasteiger charge is 2.30. The van der Waals surface area contributed by atoms with Crippen LogP contribution >= 0.6 is 11.8 Å². The van der Waals surface area contributed by atoms with Crippen LogP contribution in [0.1, 0.15) is 49.0 Å². The van der Waals surface area contributed by atoms with E-state index in [9.17, 15) is 25.1 Å². The Morgan fingerprint density at radius 1 is 0.968 bits per heavy atom. The second kappa shape index (κ2) is 9.22. The lowest BCUT2D eigenvalue weighted by molar-refractivity contribution is -0.384. The maximum absolute atomic E-state index is 13.1. The van der Waals surface area contributed by atoms with Crippen molar-refractivity contribution in [1.82, 2.24) is 0 Å². The molecule has 1 heterocycles.